The number of piperazine rings is 1. The maximum atomic E-state index is 15.1. The third-order valence-corrected chi connectivity index (χ3v) is 9.82. The van der Waals surface area contributed by atoms with Gasteiger partial charge in [0.25, 0.3) is 0 Å². The highest BCUT2D eigenvalue weighted by atomic mass is 32.2. The third kappa shape index (κ3) is 7.81. The van der Waals surface area contributed by atoms with Crippen molar-refractivity contribution in [3.63, 3.8) is 0 Å². The van der Waals surface area contributed by atoms with Crippen molar-refractivity contribution in [2.75, 3.05) is 24.2 Å². The van der Waals surface area contributed by atoms with Gasteiger partial charge in [0.2, 0.25) is 15.9 Å². The van der Waals surface area contributed by atoms with Crippen LogP contribution in [0, 0.1) is 17.6 Å². The number of nitrogens with one attached hydrogen (secondary N) is 3. The number of anilines is 1. The molecule has 4 N–H and O–H groups in total. The van der Waals surface area contributed by atoms with E-state index in [4.69, 9.17) is 0 Å². The van der Waals surface area contributed by atoms with Crippen molar-refractivity contribution in [1.82, 2.24) is 14.9 Å². The molecule has 224 valence electrons. The van der Waals surface area contributed by atoms with Crippen LogP contribution in [0.4, 0.5) is 19.3 Å². The van der Waals surface area contributed by atoms with Gasteiger partial charge in [0.1, 0.15) is 17.7 Å². The molecule has 2 aliphatic rings. The van der Waals surface area contributed by atoms with Crippen molar-refractivity contribution < 1.29 is 31.9 Å². The van der Waals surface area contributed by atoms with E-state index in [1.54, 1.807) is 6.07 Å². The first-order valence-electron chi connectivity index (χ1n) is 14.0. The van der Waals surface area contributed by atoms with E-state index in [1.165, 1.54) is 40.7 Å². The van der Waals surface area contributed by atoms with Gasteiger partial charge >= 0.3 is 6.09 Å². The fourth-order valence-corrected chi connectivity index (χ4v) is 7.67. The molecule has 12 heteroatoms. The number of benzene rings is 2. The van der Waals surface area contributed by atoms with Gasteiger partial charge in [-0.05, 0) is 67.9 Å². The van der Waals surface area contributed by atoms with E-state index in [0.717, 1.165) is 6.42 Å². The Morgan fingerprint density at radius 1 is 1.15 bits per heavy atom. The highest BCUT2D eigenvalue weighted by molar-refractivity contribution is 7.89. The van der Waals surface area contributed by atoms with Gasteiger partial charge in [-0.3, -0.25) is 4.79 Å². The average molecular weight is 593 g/mol. The quantitative estimate of drug-likeness (QED) is 0.330. The largest absolute Gasteiger partial charge is 0.465 e. The van der Waals surface area contributed by atoms with Crippen molar-refractivity contribution in [2.24, 2.45) is 5.92 Å². The van der Waals surface area contributed by atoms with Gasteiger partial charge in [-0.15, -0.1) is 0 Å². The zero-order valence-electron chi connectivity index (χ0n) is 23.3. The van der Waals surface area contributed by atoms with Crippen LogP contribution < -0.4 is 16.0 Å². The molecule has 2 saturated heterocycles. The van der Waals surface area contributed by atoms with Crippen molar-refractivity contribution >= 4 is 27.7 Å². The van der Waals surface area contributed by atoms with Gasteiger partial charge in [-0.2, -0.15) is 4.31 Å². The molecule has 2 heterocycles. The number of halogens is 2. The SMILES string of the molecule is CC(C)CC(c1ccc(F)cc1)C(NC(=O)O)C(=O)Nc1cccc(F)c1CCC1CN[C@@H]2CCCS(=O)(=O)N1C2. The van der Waals surface area contributed by atoms with Gasteiger partial charge in [-0.25, -0.2) is 22.0 Å². The number of hydrogen-bond donors (Lipinski definition) is 4. The molecule has 0 spiro atoms. The summed E-state index contributed by atoms with van der Waals surface area (Å²) < 4.78 is 56.0. The van der Waals surface area contributed by atoms with Crippen LogP contribution >= 0.6 is 0 Å². The van der Waals surface area contributed by atoms with E-state index < -0.39 is 45.6 Å². The molecule has 2 aliphatic heterocycles. The fraction of sp³-hybridized carbons (Fsp3) is 0.517. The molecule has 4 unspecified atom stereocenters. The minimum atomic E-state index is -3.41. The minimum absolute atomic E-state index is 0.0830. The van der Waals surface area contributed by atoms with Crippen molar-refractivity contribution in [3.8, 4) is 0 Å². The number of amides is 2. The Balaban J connectivity index is 1.57. The molecule has 2 amide bonds. The van der Waals surface area contributed by atoms with E-state index >= 15 is 4.39 Å². The van der Waals surface area contributed by atoms with Crippen LogP contribution in [0.5, 0.6) is 0 Å². The van der Waals surface area contributed by atoms with Gasteiger partial charge in [0.15, 0.2) is 0 Å². The molecule has 2 aromatic carbocycles. The van der Waals surface area contributed by atoms with Crippen LogP contribution in [-0.4, -0.2) is 66.8 Å². The standard InChI is InChI=1S/C29H38F2N4O5S/c1-18(2)15-24(19-8-10-20(30)11-9-19)27(34-29(37)38)28(36)33-26-7-3-6-25(31)23(26)13-12-22-16-32-21-5-4-14-41(39,40)35(22)17-21/h3,6-11,18,21-22,24,27,32,34H,4-5,12-17H2,1-2H3,(H,33,36)(H,37,38)/t21-,22?,24?,27?/m1/s1. The van der Waals surface area contributed by atoms with Crippen LogP contribution in [0.15, 0.2) is 42.5 Å². The zero-order chi connectivity index (χ0) is 29.7. The lowest BCUT2D eigenvalue weighted by Gasteiger charge is -2.37. The molecule has 2 fully saturated rings. The summed E-state index contributed by atoms with van der Waals surface area (Å²) in [6, 6.07) is 8.35. The van der Waals surface area contributed by atoms with E-state index in [0.29, 0.717) is 37.9 Å². The van der Waals surface area contributed by atoms with Crippen molar-refractivity contribution in [2.45, 2.75) is 70.0 Å². The van der Waals surface area contributed by atoms with Gasteiger partial charge in [0, 0.05) is 42.3 Å². The van der Waals surface area contributed by atoms with Crippen molar-refractivity contribution in [1.29, 1.82) is 0 Å². The molecular weight excluding hydrogens is 554 g/mol. The highest BCUT2D eigenvalue weighted by Gasteiger charge is 2.38. The summed E-state index contributed by atoms with van der Waals surface area (Å²) in [4.78, 5) is 25.3. The number of carboxylic acid groups (broad SMARTS) is 1. The fourth-order valence-electron chi connectivity index (χ4n) is 5.86. The van der Waals surface area contributed by atoms with Crippen molar-refractivity contribution in [3.05, 3.63) is 65.2 Å². The number of sulfonamides is 1. The third-order valence-electron chi connectivity index (χ3n) is 7.85. The summed E-state index contributed by atoms with van der Waals surface area (Å²) in [6.45, 7) is 4.71. The topological polar surface area (TPSA) is 128 Å². The van der Waals surface area contributed by atoms with E-state index in [9.17, 15) is 27.5 Å². The number of fused-ring (bicyclic) bond motifs is 2. The lowest BCUT2D eigenvalue weighted by Crippen LogP contribution is -2.57. The second-order valence-corrected chi connectivity index (χ2v) is 13.3. The molecule has 9 nitrogen and oxygen atoms in total. The summed E-state index contributed by atoms with van der Waals surface area (Å²) in [5, 5.41) is 18.0. The molecule has 0 saturated carbocycles. The first kappa shape index (κ1) is 30.9. The Morgan fingerprint density at radius 2 is 1.88 bits per heavy atom. The van der Waals surface area contributed by atoms with E-state index in [-0.39, 0.29) is 41.4 Å². The van der Waals surface area contributed by atoms with Gasteiger partial charge in [0.05, 0.1) is 5.75 Å². The summed E-state index contributed by atoms with van der Waals surface area (Å²) in [6.07, 6.45) is 0.907. The number of carbonyl (C=O) groups is 2. The van der Waals surface area contributed by atoms with Crippen LogP contribution in [0.1, 0.15) is 56.6 Å². The number of hydrogen-bond acceptors (Lipinski definition) is 5. The molecule has 5 atom stereocenters. The Labute approximate surface area is 239 Å². The average Bonchev–Trinajstić information content (AvgIpc) is 3.02. The van der Waals surface area contributed by atoms with E-state index in [1.807, 2.05) is 13.8 Å². The van der Waals surface area contributed by atoms with Gasteiger partial charge < -0.3 is 21.1 Å². The molecule has 0 radical (unpaired) electrons. The molecule has 2 bridgehead atoms. The summed E-state index contributed by atoms with van der Waals surface area (Å²) in [5.41, 5.74) is 0.997. The monoisotopic (exact) mass is 592 g/mol. The highest BCUT2D eigenvalue weighted by Crippen LogP contribution is 2.30. The smallest absolute Gasteiger partial charge is 0.405 e. The summed E-state index contributed by atoms with van der Waals surface area (Å²) in [5.74, 6) is -2.12. The van der Waals surface area contributed by atoms with Crippen LogP contribution in [0.3, 0.4) is 0 Å². The first-order valence-corrected chi connectivity index (χ1v) is 15.6. The van der Waals surface area contributed by atoms with Crippen LogP contribution in [-0.2, 0) is 21.2 Å². The maximum Gasteiger partial charge on any atom is 0.405 e. The molecule has 4 rings (SSSR count). The van der Waals surface area contributed by atoms with Crippen LogP contribution in [0.2, 0.25) is 0 Å². The normalized spacial score (nSPS) is 23.3. The van der Waals surface area contributed by atoms with Gasteiger partial charge in [-0.1, -0.05) is 32.0 Å². The second kappa shape index (κ2) is 13.3. The molecular formula is C29H38F2N4O5S. The number of carbonyl (C=O) groups excluding carboxylic acids is 1. The number of rotatable bonds is 10. The summed E-state index contributed by atoms with van der Waals surface area (Å²) in [7, 11) is -3.41. The van der Waals surface area contributed by atoms with Crippen LogP contribution in [0.25, 0.3) is 0 Å². The molecule has 0 aliphatic carbocycles. The second-order valence-electron chi connectivity index (χ2n) is 11.3. The lowest BCUT2D eigenvalue weighted by atomic mass is 9.84. The predicted molar refractivity (Wildman–Crippen MR) is 152 cm³/mol. The molecule has 0 aromatic heterocycles. The minimum Gasteiger partial charge on any atom is -0.465 e. The predicted octanol–water partition coefficient (Wildman–Crippen LogP) is 4.07. The Bertz CT molecular complexity index is 1340. The Morgan fingerprint density at radius 3 is 2.56 bits per heavy atom. The number of nitrogens with zero attached hydrogens (tertiary/aromatic N) is 1. The Hall–Kier alpha value is -3.09. The molecule has 2 aromatic rings. The molecule has 41 heavy (non-hydrogen) atoms. The lowest BCUT2D eigenvalue weighted by molar-refractivity contribution is -0.118. The summed E-state index contributed by atoms with van der Waals surface area (Å²) >= 11 is 0. The first-order chi connectivity index (χ1) is 19.4. The van der Waals surface area contributed by atoms with E-state index in [2.05, 4.69) is 16.0 Å². The zero-order valence-corrected chi connectivity index (χ0v) is 24.1. The Kier molecular flexibility index (Phi) is 9.98. The maximum absolute atomic E-state index is 15.1.